The monoisotopic (exact) mass is 409 g/mol. The van der Waals surface area contributed by atoms with Crippen LogP contribution in [-0.4, -0.2) is 46.6 Å². The molecule has 6 nitrogen and oxygen atoms in total. The zero-order valence-electron chi connectivity index (χ0n) is 13.6. The number of aromatic nitrogens is 2. The van der Waals surface area contributed by atoms with Crippen LogP contribution in [0.5, 0.6) is 0 Å². The van der Waals surface area contributed by atoms with Crippen LogP contribution in [0.3, 0.4) is 0 Å². The maximum absolute atomic E-state index is 8.85. The average molecular weight is 409 g/mol. The number of aliphatic hydroxyl groups excluding tert-OH is 1. The second kappa shape index (κ2) is 9.99. The lowest BCUT2D eigenvalue weighted by Gasteiger charge is -2.18. The molecule has 0 spiro atoms. The van der Waals surface area contributed by atoms with E-state index in [1.54, 1.807) is 0 Å². The summed E-state index contributed by atoms with van der Waals surface area (Å²) in [7, 11) is 1.97. The van der Waals surface area contributed by atoms with E-state index in [-0.39, 0.29) is 36.6 Å². The fourth-order valence-corrected chi connectivity index (χ4v) is 2.19. The van der Waals surface area contributed by atoms with Crippen LogP contribution in [0.15, 0.2) is 4.99 Å². The highest BCUT2D eigenvalue weighted by atomic mass is 127. The predicted molar refractivity (Wildman–Crippen MR) is 97.5 cm³/mol. The summed E-state index contributed by atoms with van der Waals surface area (Å²) in [6.45, 7) is 9.55. The first kappa shape index (κ1) is 20.2. The highest BCUT2D eigenvalue weighted by Gasteiger charge is 2.13. The molecule has 3 N–H and O–H groups in total. The minimum atomic E-state index is 0. The number of aliphatic imine (C=N–C) groups is 1. The van der Waals surface area contributed by atoms with Crippen LogP contribution in [0.2, 0.25) is 0 Å². The van der Waals surface area contributed by atoms with Gasteiger partial charge in [0.15, 0.2) is 5.96 Å². The van der Waals surface area contributed by atoms with E-state index in [1.807, 2.05) is 25.6 Å². The Kier molecular flexibility index (Phi) is 9.60. The van der Waals surface area contributed by atoms with Crippen molar-refractivity contribution in [1.82, 2.24) is 20.4 Å². The van der Waals surface area contributed by atoms with Crippen LogP contribution in [0.4, 0.5) is 0 Å². The number of hydrogen-bond acceptors (Lipinski definition) is 3. The molecule has 21 heavy (non-hydrogen) atoms. The van der Waals surface area contributed by atoms with Crippen LogP contribution in [0, 0.1) is 13.8 Å². The third kappa shape index (κ3) is 6.21. The molecule has 0 saturated carbocycles. The summed E-state index contributed by atoms with van der Waals surface area (Å²) < 4.78 is 1.92. The molecule has 1 unspecified atom stereocenters. The Balaban J connectivity index is 0.00000400. The van der Waals surface area contributed by atoms with Gasteiger partial charge in [-0.2, -0.15) is 5.10 Å². The third-order valence-corrected chi connectivity index (χ3v) is 3.27. The molecule has 1 aromatic rings. The van der Waals surface area contributed by atoms with Gasteiger partial charge in [-0.25, -0.2) is 0 Å². The first-order valence-corrected chi connectivity index (χ1v) is 7.14. The van der Waals surface area contributed by atoms with E-state index in [2.05, 4.69) is 34.6 Å². The number of hydrogen-bond donors (Lipinski definition) is 3. The number of rotatable bonds is 6. The summed E-state index contributed by atoms with van der Waals surface area (Å²) in [5.41, 5.74) is 3.56. The predicted octanol–water partition coefficient (Wildman–Crippen LogP) is 1.13. The normalized spacial score (nSPS) is 12.8. The number of guanidine groups is 1. The summed E-state index contributed by atoms with van der Waals surface area (Å²) in [4.78, 5) is 4.29. The highest BCUT2D eigenvalue weighted by molar-refractivity contribution is 14.0. The van der Waals surface area contributed by atoms with Crippen LogP contribution in [0.25, 0.3) is 0 Å². The summed E-state index contributed by atoms with van der Waals surface area (Å²) >= 11 is 0. The molecule has 0 amide bonds. The van der Waals surface area contributed by atoms with Gasteiger partial charge in [0.2, 0.25) is 0 Å². The van der Waals surface area contributed by atoms with E-state index in [1.165, 1.54) is 11.3 Å². The minimum absolute atomic E-state index is 0. The standard InChI is InChI=1S/C14H27N5O.HI/c1-6-15-14(16-7-8-20)17-10(2)9-13-11(3)18-19(5)12(13)4;/h10,20H,6-9H2,1-5H3,(H2,15,16,17);1H. The molecule has 0 saturated heterocycles. The number of nitrogens with zero attached hydrogens (tertiary/aromatic N) is 3. The molecular formula is C14H28IN5O. The van der Waals surface area contributed by atoms with E-state index in [9.17, 15) is 0 Å². The maximum Gasteiger partial charge on any atom is 0.191 e. The van der Waals surface area contributed by atoms with E-state index < -0.39 is 0 Å². The smallest absolute Gasteiger partial charge is 0.191 e. The van der Waals surface area contributed by atoms with Gasteiger partial charge in [0.05, 0.1) is 18.8 Å². The van der Waals surface area contributed by atoms with Gasteiger partial charge >= 0.3 is 0 Å². The Morgan fingerprint density at radius 2 is 2.10 bits per heavy atom. The quantitative estimate of drug-likeness (QED) is 0.374. The van der Waals surface area contributed by atoms with Gasteiger partial charge in [-0.3, -0.25) is 9.67 Å². The Labute approximate surface area is 144 Å². The fraction of sp³-hybridized carbons (Fsp3) is 0.714. The van der Waals surface area contributed by atoms with Gasteiger partial charge in [-0.1, -0.05) is 0 Å². The number of nitrogens with one attached hydrogen (secondary N) is 2. The molecule has 0 radical (unpaired) electrons. The molecule has 122 valence electrons. The molecule has 7 heteroatoms. The molecule has 1 aromatic heterocycles. The van der Waals surface area contributed by atoms with E-state index in [0.29, 0.717) is 6.54 Å². The van der Waals surface area contributed by atoms with Gasteiger partial charge in [0.1, 0.15) is 0 Å². The minimum Gasteiger partial charge on any atom is -0.394 e. The Morgan fingerprint density at radius 3 is 2.57 bits per heavy atom. The SMILES string of the molecule is CCNC(=NCCO)NC(C)Cc1c(C)nn(C)c1C.I. The largest absolute Gasteiger partial charge is 0.394 e. The number of halogens is 1. The van der Waals surface area contributed by atoms with Crippen molar-refractivity contribution in [3.8, 4) is 0 Å². The van der Waals surface area contributed by atoms with Crippen molar-refractivity contribution in [2.75, 3.05) is 19.7 Å². The second-order valence-corrected chi connectivity index (χ2v) is 5.01. The molecule has 1 heterocycles. The zero-order chi connectivity index (χ0) is 15.1. The molecule has 1 rings (SSSR count). The topological polar surface area (TPSA) is 74.5 Å². The lowest BCUT2D eigenvalue weighted by atomic mass is 10.1. The number of aryl methyl sites for hydroxylation is 2. The molecule has 0 aliphatic rings. The first-order chi connectivity index (χ1) is 9.49. The molecule has 0 aliphatic carbocycles. The fourth-order valence-electron chi connectivity index (χ4n) is 2.19. The van der Waals surface area contributed by atoms with Gasteiger partial charge in [-0.05, 0) is 39.7 Å². The average Bonchev–Trinajstić information content (AvgIpc) is 2.63. The van der Waals surface area contributed by atoms with Crippen molar-refractivity contribution >= 4 is 29.9 Å². The molecular weight excluding hydrogens is 381 g/mol. The Hall–Kier alpha value is -0.830. The second-order valence-electron chi connectivity index (χ2n) is 5.01. The van der Waals surface area contributed by atoms with E-state index >= 15 is 0 Å². The lowest BCUT2D eigenvalue weighted by molar-refractivity contribution is 0.306. The van der Waals surface area contributed by atoms with Crippen molar-refractivity contribution in [2.45, 2.75) is 40.2 Å². The zero-order valence-corrected chi connectivity index (χ0v) is 15.9. The summed E-state index contributed by atoms with van der Waals surface area (Å²) in [6.07, 6.45) is 0.898. The molecule has 0 bridgehead atoms. The Bertz CT molecular complexity index is 458. The van der Waals surface area contributed by atoms with Crippen molar-refractivity contribution in [3.05, 3.63) is 17.0 Å². The van der Waals surface area contributed by atoms with Gasteiger partial charge in [0.25, 0.3) is 0 Å². The summed E-state index contributed by atoms with van der Waals surface area (Å²) in [5.74, 6) is 0.744. The van der Waals surface area contributed by atoms with Crippen LogP contribution in [0.1, 0.15) is 30.8 Å². The molecule has 0 aliphatic heterocycles. The number of aliphatic hydroxyl groups is 1. The van der Waals surface area contributed by atoms with E-state index in [4.69, 9.17) is 5.11 Å². The Morgan fingerprint density at radius 1 is 1.43 bits per heavy atom. The molecule has 0 aromatic carbocycles. The van der Waals surface area contributed by atoms with Crippen LogP contribution in [-0.2, 0) is 13.5 Å². The maximum atomic E-state index is 8.85. The van der Waals surface area contributed by atoms with Gasteiger partial charge in [-0.15, -0.1) is 24.0 Å². The van der Waals surface area contributed by atoms with Crippen LogP contribution < -0.4 is 10.6 Å². The third-order valence-electron chi connectivity index (χ3n) is 3.27. The van der Waals surface area contributed by atoms with Gasteiger partial charge < -0.3 is 15.7 Å². The van der Waals surface area contributed by atoms with E-state index in [0.717, 1.165) is 24.6 Å². The van der Waals surface area contributed by atoms with Crippen molar-refractivity contribution in [3.63, 3.8) is 0 Å². The van der Waals surface area contributed by atoms with Crippen molar-refractivity contribution < 1.29 is 5.11 Å². The molecule has 1 atom stereocenters. The van der Waals surface area contributed by atoms with Crippen molar-refractivity contribution in [1.29, 1.82) is 0 Å². The first-order valence-electron chi connectivity index (χ1n) is 7.14. The highest BCUT2D eigenvalue weighted by Crippen LogP contribution is 2.13. The van der Waals surface area contributed by atoms with Crippen molar-refractivity contribution in [2.24, 2.45) is 12.0 Å². The lowest BCUT2D eigenvalue weighted by Crippen LogP contribution is -2.43. The molecule has 0 fully saturated rings. The van der Waals surface area contributed by atoms with Gasteiger partial charge in [0, 0.05) is 25.3 Å². The summed E-state index contributed by atoms with van der Waals surface area (Å²) in [5, 5.41) is 19.8. The van der Waals surface area contributed by atoms with Crippen LogP contribution >= 0.6 is 24.0 Å². The summed E-state index contributed by atoms with van der Waals surface area (Å²) in [6, 6.07) is 0.244.